The zero-order valence-electron chi connectivity index (χ0n) is 17.9. The number of carbonyl (C=O) groups is 1. The quantitative estimate of drug-likeness (QED) is 0.297. The Balaban J connectivity index is 1.74. The third-order valence-corrected chi connectivity index (χ3v) is 6.13. The second-order valence-corrected chi connectivity index (χ2v) is 8.91. The first kappa shape index (κ1) is 24.3. The van der Waals surface area contributed by atoms with Crippen molar-refractivity contribution < 1.29 is 18.0 Å². The lowest BCUT2D eigenvalue weighted by molar-refractivity contribution is -0.141. The Bertz CT molecular complexity index is 1220. The van der Waals surface area contributed by atoms with Crippen molar-refractivity contribution in [3.05, 3.63) is 81.5 Å². The van der Waals surface area contributed by atoms with Crippen LogP contribution < -0.4 is 5.32 Å². The second kappa shape index (κ2) is 10.2. The molecule has 2 aromatic carbocycles. The molecule has 34 heavy (non-hydrogen) atoms. The van der Waals surface area contributed by atoms with Crippen molar-refractivity contribution in [2.75, 3.05) is 0 Å². The molecule has 3 aromatic rings. The number of amidine groups is 1. The molecule has 1 amide bonds. The molecule has 5 nitrogen and oxygen atoms in total. The number of hydrogen-bond acceptors (Lipinski definition) is 3. The van der Waals surface area contributed by atoms with Gasteiger partial charge in [-0.1, -0.05) is 60.3 Å². The van der Waals surface area contributed by atoms with E-state index in [2.05, 4.69) is 15.4 Å². The Kier molecular flexibility index (Phi) is 7.28. The molecular formula is C24H21Cl2F3N4O. The van der Waals surface area contributed by atoms with Gasteiger partial charge in [0.1, 0.15) is 5.84 Å². The Labute approximate surface area is 204 Å². The number of rotatable bonds is 5. The van der Waals surface area contributed by atoms with Crippen LogP contribution in [0.15, 0.2) is 59.6 Å². The van der Waals surface area contributed by atoms with Crippen LogP contribution in [0.1, 0.15) is 53.3 Å². The van der Waals surface area contributed by atoms with Crippen LogP contribution >= 0.6 is 23.2 Å². The van der Waals surface area contributed by atoms with E-state index in [1.54, 1.807) is 48.5 Å². The number of halogens is 5. The monoisotopic (exact) mass is 508 g/mol. The van der Waals surface area contributed by atoms with Gasteiger partial charge in [-0.05, 0) is 42.7 Å². The van der Waals surface area contributed by atoms with Crippen molar-refractivity contribution in [3.8, 4) is 0 Å². The van der Waals surface area contributed by atoms with Gasteiger partial charge in [-0.15, -0.1) is 0 Å². The van der Waals surface area contributed by atoms with Crippen LogP contribution in [0.5, 0.6) is 0 Å². The molecule has 1 aliphatic rings. The van der Waals surface area contributed by atoms with E-state index < -0.39 is 17.8 Å². The van der Waals surface area contributed by atoms with Crippen molar-refractivity contribution >= 4 is 40.8 Å². The number of nitrogens with zero attached hydrogens (tertiary/aromatic N) is 3. The zero-order valence-corrected chi connectivity index (χ0v) is 19.5. The van der Waals surface area contributed by atoms with Gasteiger partial charge in [-0.25, -0.2) is 9.67 Å². The number of hydrogen-bond donors (Lipinski definition) is 1. The summed E-state index contributed by atoms with van der Waals surface area (Å²) in [6.07, 6.45) is -1.22. The molecule has 1 fully saturated rings. The van der Waals surface area contributed by atoms with Gasteiger partial charge < -0.3 is 5.32 Å². The summed E-state index contributed by atoms with van der Waals surface area (Å²) in [5, 5.41) is 7.27. The highest BCUT2D eigenvalue weighted by Gasteiger charge is 2.36. The highest BCUT2D eigenvalue weighted by Crippen LogP contribution is 2.37. The van der Waals surface area contributed by atoms with Gasteiger partial charge in [-0.3, -0.25) is 4.79 Å². The average Bonchev–Trinajstić information content (AvgIpc) is 3.43. The number of carbonyl (C=O) groups excluding carboxylic acids is 1. The lowest BCUT2D eigenvalue weighted by Crippen LogP contribution is -2.32. The summed E-state index contributed by atoms with van der Waals surface area (Å²) in [5.41, 5.74) is -0.0605. The number of amides is 1. The lowest BCUT2D eigenvalue weighted by Gasteiger charge is -2.14. The number of nitrogens with one attached hydrogen (secondary N) is 1. The molecule has 1 heterocycles. The predicted octanol–water partition coefficient (Wildman–Crippen LogP) is 7.03. The van der Waals surface area contributed by atoms with E-state index >= 15 is 0 Å². The first-order valence-corrected chi connectivity index (χ1v) is 11.5. The number of aliphatic imine (C=N–C) groups is 1. The van der Waals surface area contributed by atoms with Crippen LogP contribution in [0.4, 0.5) is 19.0 Å². The van der Waals surface area contributed by atoms with Gasteiger partial charge in [0.25, 0.3) is 5.91 Å². The standard InChI is InChI=1S/C24H21Cl2F3N4O/c25-16-7-5-6-15(12-16)13-21(31-23(34)18-10-3-4-11-19(18)26)30-22-14-20(24(27,28)29)32-33(22)17-8-1-2-9-17/h3-7,10-12,14,17H,1-2,8-9,13H2,(H,30,31,34). The SMILES string of the molecule is O=C(NC(Cc1cccc(Cl)c1)=Nc1cc(C(F)(F)F)nn1C1CCCC1)c1ccccc1Cl. The van der Waals surface area contributed by atoms with E-state index in [1.807, 2.05) is 0 Å². The van der Waals surface area contributed by atoms with Crippen molar-refractivity contribution in [2.45, 2.75) is 44.3 Å². The Morgan fingerprint density at radius 1 is 1.09 bits per heavy atom. The lowest BCUT2D eigenvalue weighted by atomic mass is 10.1. The molecule has 1 aliphatic carbocycles. The molecule has 4 rings (SSSR count). The van der Waals surface area contributed by atoms with Crippen molar-refractivity contribution in [2.24, 2.45) is 4.99 Å². The molecule has 178 valence electrons. The van der Waals surface area contributed by atoms with Gasteiger partial charge in [0.2, 0.25) is 0 Å². The summed E-state index contributed by atoms with van der Waals surface area (Å²) >= 11 is 12.2. The summed E-state index contributed by atoms with van der Waals surface area (Å²) in [6.45, 7) is 0. The van der Waals surface area contributed by atoms with Crippen LogP contribution in [0.2, 0.25) is 10.0 Å². The molecule has 0 radical (unpaired) electrons. The fraction of sp³-hybridized carbons (Fsp3) is 0.292. The number of benzene rings is 2. The van der Waals surface area contributed by atoms with Crippen molar-refractivity contribution in [1.82, 2.24) is 15.1 Å². The van der Waals surface area contributed by atoms with Crippen molar-refractivity contribution in [1.29, 1.82) is 0 Å². The molecule has 10 heteroatoms. The molecular weight excluding hydrogens is 488 g/mol. The van der Waals surface area contributed by atoms with Crippen LogP contribution in [0.25, 0.3) is 0 Å². The van der Waals surface area contributed by atoms with Crippen LogP contribution in [-0.4, -0.2) is 21.5 Å². The van der Waals surface area contributed by atoms with E-state index in [4.69, 9.17) is 23.2 Å². The van der Waals surface area contributed by atoms with Gasteiger partial charge in [0.05, 0.1) is 16.6 Å². The van der Waals surface area contributed by atoms with Crippen molar-refractivity contribution in [3.63, 3.8) is 0 Å². The third-order valence-electron chi connectivity index (χ3n) is 5.56. The normalized spacial score (nSPS) is 15.0. The second-order valence-electron chi connectivity index (χ2n) is 8.07. The first-order chi connectivity index (χ1) is 16.2. The minimum Gasteiger partial charge on any atom is -0.310 e. The molecule has 1 aromatic heterocycles. The number of aromatic nitrogens is 2. The molecule has 1 saturated carbocycles. The third kappa shape index (κ3) is 5.80. The summed E-state index contributed by atoms with van der Waals surface area (Å²) in [4.78, 5) is 17.4. The maximum atomic E-state index is 13.4. The predicted molar refractivity (Wildman–Crippen MR) is 126 cm³/mol. The summed E-state index contributed by atoms with van der Waals surface area (Å²) in [7, 11) is 0. The zero-order chi connectivity index (χ0) is 24.3. The van der Waals surface area contributed by atoms with E-state index in [-0.39, 0.29) is 34.7 Å². The van der Waals surface area contributed by atoms with Crippen LogP contribution in [0.3, 0.4) is 0 Å². The van der Waals surface area contributed by atoms with E-state index in [1.165, 1.54) is 4.68 Å². The molecule has 0 unspecified atom stereocenters. The topological polar surface area (TPSA) is 59.3 Å². The summed E-state index contributed by atoms with van der Waals surface area (Å²) < 4.78 is 41.7. The largest absolute Gasteiger partial charge is 0.435 e. The highest BCUT2D eigenvalue weighted by molar-refractivity contribution is 6.34. The molecule has 0 bridgehead atoms. The maximum Gasteiger partial charge on any atom is 0.435 e. The van der Waals surface area contributed by atoms with Gasteiger partial charge in [0.15, 0.2) is 11.5 Å². The molecule has 0 aliphatic heterocycles. The van der Waals surface area contributed by atoms with Gasteiger partial charge >= 0.3 is 6.18 Å². The first-order valence-electron chi connectivity index (χ1n) is 10.8. The molecule has 0 saturated heterocycles. The molecule has 0 atom stereocenters. The minimum atomic E-state index is -4.61. The summed E-state index contributed by atoms with van der Waals surface area (Å²) in [6, 6.07) is 14.2. The fourth-order valence-electron chi connectivity index (χ4n) is 3.96. The Morgan fingerprint density at radius 2 is 1.82 bits per heavy atom. The Hall–Kier alpha value is -2.84. The average molecular weight is 509 g/mol. The summed E-state index contributed by atoms with van der Waals surface area (Å²) in [5.74, 6) is -0.329. The van der Waals surface area contributed by atoms with Crippen LogP contribution in [-0.2, 0) is 12.6 Å². The van der Waals surface area contributed by atoms with E-state index in [0.717, 1.165) is 37.3 Å². The minimum absolute atomic E-state index is 0.0377. The molecule has 0 spiro atoms. The van der Waals surface area contributed by atoms with Gasteiger partial charge in [0, 0.05) is 17.5 Å². The highest BCUT2D eigenvalue weighted by atomic mass is 35.5. The number of alkyl halides is 3. The molecule has 1 N–H and O–H groups in total. The smallest absolute Gasteiger partial charge is 0.310 e. The van der Waals surface area contributed by atoms with Gasteiger partial charge in [-0.2, -0.15) is 18.3 Å². The Morgan fingerprint density at radius 3 is 2.50 bits per heavy atom. The fourth-order valence-corrected chi connectivity index (χ4v) is 4.39. The maximum absolute atomic E-state index is 13.4. The van der Waals surface area contributed by atoms with E-state index in [9.17, 15) is 18.0 Å². The van der Waals surface area contributed by atoms with Crippen LogP contribution in [0, 0.1) is 0 Å². The van der Waals surface area contributed by atoms with E-state index in [0.29, 0.717) is 5.02 Å².